The summed E-state index contributed by atoms with van der Waals surface area (Å²) in [5, 5.41) is 23.2. The molecule has 0 saturated carbocycles. The molecule has 0 aliphatic heterocycles. The third-order valence-electron chi connectivity index (χ3n) is 13.3. The van der Waals surface area contributed by atoms with Crippen LogP contribution in [0.15, 0.2) is 24.3 Å². The predicted molar refractivity (Wildman–Crippen MR) is 278 cm³/mol. The summed E-state index contributed by atoms with van der Waals surface area (Å²) >= 11 is 0. The minimum Gasteiger partial charge on any atom is -0.466 e. The average Bonchev–Trinajstić information content (AvgIpc) is 3.29. The molecule has 0 aliphatic rings. The molecule has 0 aromatic carbocycles. The van der Waals surface area contributed by atoms with Crippen LogP contribution in [0.4, 0.5) is 0 Å². The highest BCUT2D eigenvalue weighted by molar-refractivity contribution is 5.76. The lowest BCUT2D eigenvalue weighted by Gasteiger charge is -2.22. The Bertz CT molecular complexity index is 997. The highest BCUT2D eigenvalue weighted by atomic mass is 16.5. The number of allylic oxidation sites excluding steroid dienone is 4. The van der Waals surface area contributed by atoms with E-state index in [0.717, 1.165) is 44.9 Å². The number of hydrogen-bond acceptors (Lipinski definition) is 5. The molecule has 0 radical (unpaired) electrons. The molecule has 2 atom stereocenters. The number of carbonyl (C=O) groups excluding carboxylic acids is 2. The first kappa shape index (κ1) is 62.3. The smallest absolute Gasteiger partial charge is 0.305 e. The molecule has 0 aromatic rings. The number of hydrogen-bond donors (Lipinski definition) is 3. The van der Waals surface area contributed by atoms with Crippen molar-refractivity contribution in [2.24, 2.45) is 0 Å². The summed E-state index contributed by atoms with van der Waals surface area (Å²) in [4.78, 5) is 24.4. The lowest BCUT2D eigenvalue weighted by atomic mass is 10.0. The van der Waals surface area contributed by atoms with E-state index in [0.29, 0.717) is 25.9 Å². The average molecular weight is 903 g/mol. The molecule has 0 saturated heterocycles. The van der Waals surface area contributed by atoms with Crippen LogP contribution in [0.2, 0.25) is 0 Å². The van der Waals surface area contributed by atoms with Crippen LogP contribution in [0.1, 0.15) is 309 Å². The van der Waals surface area contributed by atoms with Crippen molar-refractivity contribution in [2.45, 2.75) is 321 Å². The maximum absolute atomic E-state index is 12.4. The SMILES string of the molecule is CCCCCCCCCCCCCC(=O)OCCCCCCCCCCC/C=C\C/C=C\CCCCCCCCCCCC(=O)NC(CO)C(O)CCCCCCCCCCCCC. The van der Waals surface area contributed by atoms with Gasteiger partial charge >= 0.3 is 5.97 Å². The summed E-state index contributed by atoms with van der Waals surface area (Å²) < 4.78 is 5.46. The molecule has 2 unspecified atom stereocenters. The molecule has 0 aromatic heterocycles. The lowest BCUT2D eigenvalue weighted by Crippen LogP contribution is -2.45. The van der Waals surface area contributed by atoms with Crippen molar-refractivity contribution in [1.29, 1.82) is 0 Å². The zero-order chi connectivity index (χ0) is 46.5. The van der Waals surface area contributed by atoms with E-state index >= 15 is 0 Å². The molecular weight excluding hydrogens is 791 g/mol. The van der Waals surface area contributed by atoms with E-state index < -0.39 is 12.1 Å². The molecule has 6 nitrogen and oxygen atoms in total. The number of rotatable bonds is 53. The zero-order valence-electron chi connectivity index (χ0n) is 43.0. The number of aliphatic hydroxyl groups is 2. The van der Waals surface area contributed by atoms with Gasteiger partial charge in [0.25, 0.3) is 0 Å². The lowest BCUT2D eigenvalue weighted by molar-refractivity contribution is -0.143. The second-order valence-electron chi connectivity index (χ2n) is 19.6. The maximum Gasteiger partial charge on any atom is 0.305 e. The fourth-order valence-electron chi connectivity index (χ4n) is 8.85. The van der Waals surface area contributed by atoms with Crippen LogP contribution < -0.4 is 5.32 Å². The molecule has 64 heavy (non-hydrogen) atoms. The van der Waals surface area contributed by atoms with Crippen LogP contribution >= 0.6 is 0 Å². The van der Waals surface area contributed by atoms with Gasteiger partial charge in [0.2, 0.25) is 5.91 Å². The Hall–Kier alpha value is -1.66. The molecule has 0 fully saturated rings. The largest absolute Gasteiger partial charge is 0.466 e. The van der Waals surface area contributed by atoms with Gasteiger partial charge in [-0.3, -0.25) is 9.59 Å². The number of carbonyl (C=O) groups is 2. The standard InChI is InChI=1S/C58H111NO5/c1-3-5-7-9-11-13-30-34-38-42-46-50-56(61)55(54-60)59-57(62)51-47-43-39-35-32-28-26-24-22-20-18-16-15-17-19-21-23-25-27-29-33-37-41-45-49-53-64-58(63)52-48-44-40-36-31-14-12-10-8-6-4-2/h16-19,55-56,60-61H,3-15,20-54H2,1-2H3,(H,59,62)/b18-16-,19-17-. The van der Waals surface area contributed by atoms with Gasteiger partial charge in [-0.05, 0) is 57.8 Å². The van der Waals surface area contributed by atoms with Crippen molar-refractivity contribution in [3.63, 3.8) is 0 Å². The minimum atomic E-state index is -0.666. The molecular formula is C58H111NO5. The topological polar surface area (TPSA) is 95.9 Å². The van der Waals surface area contributed by atoms with Crippen LogP contribution in [-0.4, -0.2) is 47.4 Å². The molecule has 0 aliphatic carbocycles. The summed E-state index contributed by atoms with van der Waals surface area (Å²) in [5.41, 5.74) is 0. The first-order valence-corrected chi connectivity index (χ1v) is 28.6. The Kier molecular flexibility index (Phi) is 52.6. The van der Waals surface area contributed by atoms with Gasteiger partial charge in [0.05, 0.1) is 25.4 Å². The summed E-state index contributed by atoms with van der Waals surface area (Å²) in [6.07, 6.45) is 64.6. The Morgan fingerprint density at radius 3 is 1.19 bits per heavy atom. The Morgan fingerprint density at radius 2 is 0.781 bits per heavy atom. The van der Waals surface area contributed by atoms with Crippen molar-refractivity contribution < 1.29 is 24.5 Å². The van der Waals surface area contributed by atoms with Gasteiger partial charge in [0.15, 0.2) is 0 Å². The van der Waals surface area contributed by atoms with E-state index in [-0.39, 0.29) is 18.5 Å². The molecule has 1 amide bonds. The molecule has 6 heteroatoms. The Balaban J connectivity index is 3.42. The quantitative estimate of drug-likeness (QED) is 0.0321. The highest BCUT2D eigenvalue weighted by Gasteiger charge is 2.20. The number of unbranched alkanes of at least 4 members (excludes halogenated alkanes) is 38. The third kappa shape index (κ3) is 49.8. The molecule has 0 bridgehead atoms. The summed E-state index contributed by atoms with van der Waals surface area (Å²) in [6, 6.07) is -0.544. The maximum atomic E-state index is 12.4. The van der Waals surface area contributed by atoms with Crippen molar-refractivity contribution in [3.05, 3.63) is 24.3 Å². The van der Waals surface area contributed by atoms with E-state index in [2.05, 4.69) is 43.5 Å². The first-order valence-electron chi connectivity index (χ1n) is 28.6. The van der Waals surface area contributed by atoms with Crippen molar-refractivity contribution in [2.75, 3.05) is 13.2 Å². The monoisotopic (exact) mass is 902 g/mol. The zero-order valence-corrected chi connectivity index (χ0v) is 43.0. The van der Waals surface area contributed by atoms with Crippen LogP contribution in [0.25, 0.3) is 0 Å². The normalized spacial score (nSPS) is 12.8. The van der Waals surface area contributed by atoms with Gasteiger partial charge in [0, 0.05) is 12.8 Å². The highest BCUT2D eigenvalue weighted by Crippen LogP contribution is 2.17. The number of amides is 1. The van der Waals surface area contributed by atoms with E-state index in [1.165, 1.54) is 231 Å². The minimum absolute atomic E-state index is 0.00860. The fraction of sp³-hybridized carbons (Fsp3) is 0.897. The van der Waals surface area contributed by atoms with Gasteiger partial charge in [-0.15, -0.1) is 0 Å². The van der Waals surface area contributed by atoms with Gasteiger partial charge in [0.1, 0.15) is 0 Å². The van der Waals surface area contributed by atoms with Crippen molar-refractivity contribution in [1.82, 2.24) is 5.32 Å². The first-order chi connectivity index (χ1) is 31.5. The third-order valence-corrected chi connectivity index (χ3v) is 13.3. The number of aliphatic hydroxyl groups excluding tert-OH is 2. The molecule has 0 rings (SSSR count). The van der Waals surface area contributed by atoms with E-state index in [4.69, 9.17) is 4.74 Å². The number of nitrogens with one attached hydrogen (secondary N) is 1. The Morgan fingerprint density at radius 1 is 0.438 bits per heavy atom. The van der Waals surface area contributed by atoms with Gasteiger partial charge < -0.3 is 20.3 Å². The van der Waals surface area contributed by atoms with Crippen molar-refractivity contribution in [3.8, 4) is 0 Å². The van der Waals surface area contributed by atoms with Crippen molar-refractivity contribution >= 4 is 11.9 Å². The van der Waals surface area contributed by atoms with Gasteiger partial charge in [-0.1, -0.05) is 263 Å². The van der Waals surface area contributed by atoms with Crippen LogP contribution in [0.3, 0.4) is 0 Å². The van der Waals surface area contributed by atoms with E-state index in [1.807, 2.05) is 0 Å². The van der Waals surface area contributed by atoms with Crippen LogP contribution in [-0.2, 0) is 14.3 Å². The molecule has 3 N–H and O–H groups in total. The molecule has 378 valence electrons. The van der Waals surface area contributed by atoms with Crippen LogP contribution in [0, 0.1) is 0 Å². The summed E-state index contributed by atoms with van der Waals surface area (Å²) in [5.74, 6) is -0.0331. The Labute approximate surface area is 399 Å². The summed E-state index contributed by atoms with van der Waals surface area (Å²) in [7, 11) is 0. The fourth-order valence-corrected chi connectivity index (χ4v) is 8.85. The van der Waals surface area contributed by atoms with E-state index in [1.54, 1.807) is 0 Å². The van der Waals surface area contributed by atoms with Gasteiger partial charge in [-0.25, -0.2) is 0 Å². The number of esters is 1. The predicted octanol–water partition coefficient (Wildman–Crippen LogP) is 17.5. The number of ether oxygens (including phenoxy) is 1. The second-order valence-corrected chi connectivity index (χ2v) is 19.6. The van der Waals surface area contributed by atoms with E-state index in [9.17, 15) is 19.8 Å². The van der Waals surface area contributed by atoms with Gasteiger partial charge in [-0.2, -0.15) is 0 Å². The molecule has 0 spiro atoms. The summed E-state index contributed by atoms with van der Waals surface area (Å²) in [6.45, 7) is 4.94. The van der Waals surface area contributed by atoms with Crippen LogP contribution in [0.5, 0.6) is 0 Å². The second kappa shape index (κ2) is 54.0. The molecule has 0 heterocycles.